The van der Waals surface area contributed by atoms with Crippen molar-refractivity contribution in [2.75, 3.05) is 13.1 Å². The van der Waals surface area contributed by atoms with Gasteiger partial charge in [0.2, 0.25) is 11.8 Å². The third-order valence-electron chi connectivity index (χ3n) is 5.02. The van der Waals surface area contributed by atoms with E-state index >= 15 is 0 Å². The molecule has 6 amide bonds. The van der Waals surface area contributed by atoms with E-state index in [4.69, 9.17) is 5.73 Å². The number of ketones is 1. The summed E-state index contributed by atoms with van der Waals surface area (Å²) in [6, 6.07) is -2.43. The number of rotatable bonds is 15. The number of carbonyl (C=O) groups excluding carboxylic acids is 6. The van der Waals surface area contributed by atoms with Gasteiger partial charge in [-0.1, -0.05) is 13.0 Å². The molecule has 0 fully saturated rings. The van der Waals surface area contributed by atoms with Crippen molar-refractivity contribution in [2.24, 2.45) is 5.73 Å². The van der Waals surface area contributed by atoms with Gasteiger partial charge in [0.25, 0.3) is 11.8 Å². The van der Waals surface area contributed by atoms with E-state index in [1.165, 1.54) is 19.1 Å². The van der Waals surface area contributed by atoms with Gasteiger partial charge in [0.1, 0.15) is 6.04 Å². The highest BCUT2D eigenvalue weighted by Crippen LogP contribution is 2.09. The zero-order valence-electron chi connectivity index (χ0n) is 19.1. The SMILES string of the molecule is C=C(C)[C@H](NC(=O)CCCCCN1C(=O)C=CC1=O)C(=O)N[C@@H](CCCNC(N)=O)C(C)=O. The van der Waals surface area contributed by atoms with E-state index in [1.807, 2.05) is 0 Å². The quantitative estimate of drug-likeness (QED) is 0.152. The molecular weight excluding hydrogens is 430 g/mol. The standard InChI is InChI=1S/C22H33N5O6/c1-14(2)20(21(32)25-16(15(3)28)8-7-12-24-22(23)33)26-17(29)9-5-4-6-13-27-18(30)10-11-19(27)31/h10-11,16,20H,1,4-9,12-13H2,2-3H3,(H,25,32)(H,26,29)(H3,23,24,33)/t16-,20-/m0/s1. The zero-order valence-corrected chi connectivity index (χ0v) is 19.1. The van der Waals surface area contributed by atoms with Gasteiger partial charge < -0.3 is 21.7 Å². The van der Waals surface area contributed by atoms with E-state index in [1.54, 1.807) is 6.92 Å². The summed E-state index contributed by atoms with van der Waals surface area (Å²) < 4.78 is 0. The fourth-order valence-electron chi connectivity index (χ4n) is 3.18. The van der Waals surface area contributed by atoms with Gasteiger partial charge in [-0.2, -0.15) is 0 Å². The van der Waals surface area contributed by atoms with Crippen LogP contribution in [0.3, 0.4) is 0 Å². The van der Waals surface area contributed by atoms with Crippen molar-refractivity contribution in [1.29, 1.82) is 0 Å². The molecule has 11 nitrogen and oxygen atoms in total. The Morgan fingerprint density at radius 3 is 2.18 bits per heavy atom. The molecule has 0 aromatic heterocycles. The van der Waals surface area contributed by atoms with Crippen LogP contribution in [-0.2, 0) is 24.0 Å². The number of amides is 6. The highest BCUT2D eigenvalue weighted by Gasteiger charge is 2.26. The molecule has 0 saturated carbocycles. The van der Waals surface area contributed by atoms with Crippen molar-refractivity contribution in [2.45, 2.75) is 64.5 Å². The second kappa shape index (κ2) is 13.8. The molecule has 1 heterocycles. The number of hydrogen-bond acceptors (Lipinski definition) is 6. The predicted molar refractivity (Wildman–Crippen MR) is 121 cm³/mol. The molecule has 0 aliphatic carbocycles. The Hall–Kier alpha value is -3.50. The molecule has 1 aliphatic heterocycles. The summed E-state index contributed by atoms with van der Waals surface area (Å²) in [4.78, 5) is 71.7. The van der Waals surface area contributed by atoms with E-state index in [9.17, 15) is 28.8 Å². The monoisotopic (exact) mass is 463 g/mol. The molecule has 0 bridgehead atoms. The number of nitrogens with one attached hydrogen (secondary N) is 3. The highest BCUT2D eigenvalue weighted by atomic mass is 16.2. The first kappa shape index (κ1) is 27.5. The van der Waals surface area contributed by atoms with Gasteiger partial charge in [0.05, 0.1) is 6.04 Å². The van der Waals surface area contributed by atoms with Crippen molar-refractivity contribution in [3.8, 4) is 0 Å². The molecule has 5 N–H and O–H groups in total. The van der Waals surface area contributed by atoms with Crippen LogP contribution in [0.4, 0.5) is 4.79 Å². The number of unbranched alkanes of at least 4 members (excludes halogenated alkanes) is 2. The average molecular weight is 464 g/mol. The molecule has 0 aromatic carbocycles. The van der Waals surface area contributed by atoms with E-state index in [2.05, 4.69) is 22.5 Å². The zero-order chi connectivity index (χ0) is 25.0. The second-order valence-corrected chi connectivity index (χ2v) is 7.92. The Kier molecular flexibility index (Phi) is 11.5. The van der Waals surface area contributed by atoms with Crippen LogP contribution >= 0.6 is 0 Å². The summed E-state index contributed by atoms with van der Waals surface area (Å²) in [6.07, 6.45) is 5.06. The van der Waals surface area contributed by atoms with E-state index in [-0.39, 0.29) is 36.5 Å². The maximum atomic E-state index is 12.7. The molecule has 0 radical (unpaired) electrons. The number of hydrogen-bond donors (Lipinski definition) is 4. The summed E-state index contributed by atoms with van der Waals surface area (Å²) in [7, 11) is 0. The maximum absolute atomic E-state index is 12.7. The molecular formula is C22H33N5O6. The number of imide groups is 1. The molecule has 0 unspecified atom stereocenters. The fraction of sp³-hybridized carbons (Fsp3) is 0.545. The molecule has 1 rings (SSSR count). The number of primary amides is 1. The lowest BCUT2D eigenvalue weighted by molar-refractivity contribution is -0.137. The van der Waals surface area contributed by atoms with Gasteiger partial charge in [-0.3, -0.25) is 28.9 Å². The van der Waals surface area contributed by atoms with E-state index in [0.29, 0.717) is 44.2 Å². The van der Waals surface area contributed by atoms with Crippen molar-refractivity contribution in [3.05, 3.63) is 24.3 Å². The summed E-state index contributed by atoms with van der Waals surface area (Å²) in [5.74, 6) is -1.81. The minimum atomic E-state index is -0.992. The third-order valence-corrected chi connectivity index (χ3v) is 5.02. The van der Waals surface area contributed by atoms with E-state index < -0.39 is 24.0 Å². The number of urea groups is 1. The molecule has 0 aromatic rings. The van der Waals surface area contributed by atoms with Crippen molar-refractivity contribution < 1.29 is 28.8 Å². The predicted octanol–water partition coefficient (Wildman–Crippen LogP) is 0.0550. The minimum absolute atomic E-state index is 0.159. The Morgan fingerprint density at radius 1 is 1.00 bits per heavy atom. The van der Waals surface area contributed by atoms with Crippen molar-refractivity contribution in [1.82, 2.24) is 20.9 Å². The van der Waals surface area contributed by atoms with Gasteiger partial charge in [-0.05, 0) is 45.1 Å². The summed E-state index contributed by atoms with van der Waals surface area (Å²) in [5, 5.41) is 7.66. The average Bonchev–Trinajstić information content (AvgIpc) is 3.05. The number of nitrogens with two attached hydrogens (primary N) is 1. The van der Waals surface area contributed by atoms with Crippen LogP contribution in [-0.4, -0.2) is 65.5 Å². The molecule has 1 aliphatic rings. The maximum Gasteiger partial charge on any atom is 0.312 e. The molecule has 0 spiro atoms. The molecule has 2 atom stereocenters. The van der Waals surface area contributed by atoms with Gasteiger partial charge >= 0.3 is 6.03 Å². The van der Waals surface area contributed by atoms with Crippen LogP contribution in [0.1, 0.15) is 52.4 Å². The molecule has 33 heavy (non-hydrogen) atoms. The Labute approximate surface area is 193 Å². The number of carbonyl (C=O) groups is 6. The molecule has 0 saturated heterocycles. The summed E-state index contributed by atoms with van der Waals surface area (Å²) in [6.45, 7) is 7.26. The van der Waals surface area contributed by atoms with Crippen LogP contribution in [0.15, 0.2) is 24.3 Å². The first-order valence-electron chi connectivity index (χ1n) is 10.8. The topological polar surface area (TPSA) is 168 Å². The van der Waals surface area contributed by atoms with Crippen molar-refractivity contribution in [3.63, 3.8) is 0 Å². The van der Waals surface area contributed by atoms with Gasteiger partial charge in [0.15, 0.2) is 5.78 Å². The van der Waals surface area contributed by atoms with Gasteiger partial charge in [-0.25, -0.2) is 4.79 Å². The first-order chi connectivity index (χ1) is 15.5. The summed E-state index contributed by atoms with van der Waals surface area (Å²) >= 11 is 0. The lowest BCUT2D eigenvalue weighted by Gasteiger charge is -2.22. The Balaban J connectivity index is 2.43. The van der Waals surface area contributed by atoms with Crippen LogP contribution in [0, 0.1) is 0 Å². The lowest BCUT2D eigenvalue weighted by Crippen LogP contribution is -2.51. The van der Waals surface area contributed by atoms with Crippen LogP contribution in [0.2, 0.25) is 0 Å². The smallest absolute Gasteiger partial charge is 0.312 e. The minimum Gasteiger partial charge on any atom is -0.352 e. The van der Waals surface area contributed by atoms with Gasteiger partial charge in [-0.15, -0.1) is 0 Å². The van der Waals surface area contributed by atoms with E-state index in [0.717, 1.165) is 4.90 Å². The summed E-state index contributed by atoms with van der Waals surface area (Å²) in [5.41, 5.74) is 5.41. The van der Waals surface area contributed by atoms with Crippen LogP contribution in [0.25, 0.3) is 0 Å². The Morgan fingerprint density at radius 2 is 1.64 bits per heavy atom. The second-order valence-electron chi connectivity index (χ2n) is 7.92. The largest absolute Gasteiger partial charge is 0.352 e. The first-order valence-corrected chi connectivity index (χ1v) is 10.8. The van der Waals surface area contributed by atoms with Crippen molar-refractivity contribution >= 4 is 35.4 Å². The number of nitrogens with zero attached hydrogens (tertiary/aromatic N) is 1. The van der Waals surface area contributed by atoms with Gasteiger partial charge in [0, 0.05) is 31.7 Å². The normalized spacial score (nSPS) is 14.5. The van der Waals surface area contributed by atoms with Crippen LogP contribution < -0.4 is 21.7 Å². The Bertz CT molecular complexity index is 804. The molecule has 182 valence electrons. The highest BCUT2D eigenvalue weighted by molar-refractivity contribution is 6.12. The lowest BCUT2D eigenvalue weighted by atomic mass is 10.0. The molecule has 11 heteroatoms. The fourth-order valence-corrected chi connectivity index (χ4v) is 3.18. The third kappa shape index (κ3) is 10.1. The van der Waals surface area contributed by atoms with Crippen LogP contribution in [0.5, 0.6) is 0 Å². The number of Topliss-reactive ketones (excluding diaryl/α,β-unsaturated/α-hetero) is 1.